The van der Waals surface area contributed by atoms with Gasteiger partial charge >= 0.3 is 0 Å². The molecule has 0 bridgehead atoms. The summed E-state index contributed by atoms with van der Waals surface area (Å²) in [6, 6.07) is 9.78. The minimum atomic E-state index is -1.15. The standard InChI is InChI=1S/C24H26Cl2N4O4Si/c1-14-17-11-16(5-6-20(17)30(29-14)13-33-7-8-35(2,3)4)34-24-18(25)9-15(10-19(24)26)23-21(31)12-22(32)27-28-23/h5-6,9-11H,7-8,12-13H2,1-4H3,(H,27,32). The van der Waals surface area contributed by atoms with Crippen LogP contribution in [-0.4, -0.2) is 41.9 Å². The zero-order valence-electron chi connectivity index (χ0n) is 19.9. The van der Waals surface area contributed by atoms with E-state index >= 15 is 0 Å². The first-order valence-corrected chi connectivity index (χ1v) is 15.6. The molecule has 11 heteroatoms. The largest absolute Gasteiger partial charge is 0.454 e. The van der Waals surface area contributed by atoms with Gasteiger partial charge < -0.3 is 9.47 Å². The molecule has 0 unspecified atom stereocenters. The van der Waals surface area contributed by atoms with Crippen LogP contribution in [0.15, 0.2) is 35.4 Å². The quantitative estimate of drug-likeness (QED) is 0.233. The molecule has 4 rings (SSSR count). The van der Waals surface area contributed by atoms with Crippen molar-refractivity contribution in [1.82, 2.24) is 15.2 Å². The topological polar surface area (TPSA) is 94.8 Å². The van der Waals surface area contributed by atoms with Crippen LogP contribution < -0.4 is 10.2 Å². The van der Waals surface area contributed by atoms with Gasteiger partial charge in [-0.1, -0.05) is 42.8 Å². The molecule has 1 aliphatic heterocycles. The van der Waals surface area contributed by atoms with E-state index in [0.717, 1.165) is 22.6 Å². The summed E-state index contributed by atoms with van der Waals surface area (Å²) in [4.78, 5) is 23.5. The fourth-order valence-corrected chi connectivity index (χ4v) is 4.92. The van der Waals surface area contributed by atoms with E-state index in [2.05, 4.69) is 35.3 Å². The molecule has 184 valence electrons. The Morgan fingerprint density at radius 2 is 1.83 bits per heavy atom. The summed E-state index contributed by atoms with van der Waals surface area (Å²) < 4.78 is 13.7. The van der Waals surface area contributed by atoms with Crippen molar-refractivity contribution in [1.29, 1.82) is 0 Å². The van der Waals surface area contributed by atoms with Crippen molar-refractivity contribution in [2.24, 2.45) is 5.10 Å². The molecule has 1 aliphatic rings. The number of amides is 1. The van der Waals surface area contributed by atoms with E-state index in [4.69, 9.17) is 32.7 Å². The van der Waals surface area contributed by atoms with Gasteiger partial charge in [0.2, 0.25) is 5.91 Å². The van der Waals surface area contributed by atoms with Crippen molar-refractivity contribution in [2.75, 3.05) is 6.61 Å². The Hall–Kier alpha value is -2.72. The number of halogens is 2. The van der Waals surface area contributed by atoms with E-state index < -0.39 is 19.8 Å². The number of nitrogens with one attached hydrogen (secondary N) is 1. The molecule has 35 heavy (non-hydrogen) atoms. The normalized spacial score (nSPS) is 14.3. The second-order valence-corrected chi connectivity index (χ2v) is 16.0. The fraction of sp³-hybridized carbons (Fsp3) is 0.333. The highest BCUT2D eigenvalue weighted by Gasteiger charge is 2.24. The number of nitrogens with zero attached hydrogens (tertiary/aromatic N) is 3. The predicted octanol–water partition coefficient (Wildman–Crippen LogP) is 5.55. The van der Waals surface area contributed by atoms with Gasteiger partial charge in [-0.15, -0.1) is 0 Å². The second-order valence-electron chi connectivity index (χ2n) is 9.58. The summed E-state index contributed by atoms with van der Waals surface area (Å²) in [5.41, 5.74) is 4.58. The minimum absolute atomic E-state index is 0.0940. The van der Waals surface area contributed by atoms with Gasteiger partial charge in [-0.2, -0.15) is 10.2 Å². The maximum Gasteiger partial charge on any atom is 0.247 e. The number of hydrogen-bond donors (Lipinski definition) is 1. The van der Waals surface area contributed by atoms with Gasteiger partial charge in [0.1, 0.15) is 18.2 Å². The Morgan fingerprint density at radius 3 is 2.49 bits per heavy atom. The van der Waals surface area contributed by atoms with Crippen LogP contribution in [0.1, 0.15) is 17.7 Å². The van der Waals surface area contributed by atoms with Gasteiger partial charge in [0.15, 0.2) is 11.5 Å². The number of ether oxygens (including phenoxy) is 2. The molecular weight excluding hydrogens is 507 g/mol. The third-order valence-corrected chi connectivity index (χ3v) is 7.75. The maximum absolute atomic E-state index is 12.2. The number of hydrogen-bond acceptors (Lipinski definition) is 6. The van der Waals surface area contributed by atoms with E-state index in [1.54, 1.807) is 0 Å². The highest BCUT2D eigenvalue weighted by atomic mass is 35.5. The molecule has 3 aromatic rings. The van der Waals surface area contributed by atoms with Crippen LogP contribution >= 0.6 is 23.2 Å². The lowest BCUT2D eigenvalue weighted by molar-refractivity contribution is -0.126. The Labute approximate surface area is 214 Å². The number of aryl methyl sites for hydroxylation is 1. The highest BCUT2D eigenvalue weighted by molar-refractivity contribution is 6.76. The van der Waals surface area contributed by atoms with Crippen molar-refractivity contribution in [3.8, 4) is 11.5 Å². The first kappa shape index (κ1) is 25.4. The van der Waals surface area contributed by atoms with E-state index in [9.17, 15) is 9.59 Å². The summed E-state index contributed by atoms with van der Waals surface area (Å²) in [5, 5.41) is 9.79. The smallest absolute Gasteiger partial charge is 0.247 e. The number of Topliss-reactive ketones (excluding diaryl/α,β-unsaturated/α-hetero) is 1. The highest BCUT2D eigenvalue weighted by Crippen LogP contribution is 2.38. The molecule has 1 amide bonds. The van der Waals surface area contributed by atoms with Crippen molar-refractivity contribution in [3.05, 3.63) is 51.6 Å². The first-order valence-electron chi connectivity index (χ1n) is 11.1. The number of ketones is 1. The van der Waals surface area contributed by atoms with Crippen LogP contribution in [0.4, 0.5) is 0 Å². The summed E-state index contributed by atoms with van der Waals surface area (Å²) in [6.45, 7) is 9.99. The SMILES string of the molecule is Cc1nn(COCC[Si](C)(C)C)c2ccc(Oc3c(Cl)cc(C4=NNC(=O)CC4=O)cc3Cl)cc12. The third kappa shape index (κ3) is 5.92. The molecule has 0 atom stereocenters. The van der Waals surface area contributed by atoms with Crippen molar-refractivity contribution in [3.63, 3.8) is 0 Å². The van der Waals surface area contributed by atoms with E-state index in [1.807, 2.05) is 29.8 Å². The van der Waals surface area contributed by atoms with Crippen LogP contribution in [-0.2, 0) is 21.1 Å². The van der Waals surface area contributed by atoms with Crippen LogP contribution in [0.3, 0.4) is 0 Å². The molecule has 1 N–H and O–H groups in total. The number of benzene rings is 2. The molecule has 1 aromatic heterocycles. The summed E-state index contributed by atoms with van der Waals surface area (Å²) in [5.74, 6) is -0.0706. The van der Waals surface area contributed by atoms with Gasteiger partial charge in [-0.25, -0.2) is 10.1 Å². The van der Waals surface area contributed by atoms with Crippen molar-refractivity contribution in [2.45, 2.75) is 45.8 Å². The van der Waals surface area contributed by atoms with Gasteiger partial charge in [0, 0.05) is 25.6 Å². The minimum Gasteiger partial charge on any atom is -0.454 e. The summed E-state index contributed by atoms with van der Waals surface area (Å²) in [6.07, 6.45) is -0.275. The number of carbonyl (C=O) groups is 2. The zero-order valence-corrected chi connectivity index (χ0v) is 22.5. The van der Waals surface area contributed by atoms with E-state index in [-0.39, 0.29) is 27.9 Å². The Morgan fingerprint density at radius 1 is 1.11 bits per heavy atom. The molecule has 0 saturated carbocycles. The number of rotatable bonds is 8. The zero-order chi connectivity index (χ0) is 25.3. The Bertz CT molecular complexity index is 1320. The van der Waals surface area contributed by atoms with Crippen LogP contribution in [0, 0.1) is 6.92 Å². The fourth-order valence-electron chi connectivity index (χ4n) is 3.60. The number of hydrazone groups is 1. The Kier molecular flexibility index (Phi) is 7.32. The monoisotopic (exact) mass is 532 g/mol. The lowest BCUT2D eigenvalue weighted by Gasteiger charge is -2.15. The molecular formula is C24H26Cl2N4O4Si. The van der Waals surface area contributed by atoms with Gasteiger partial charge in [-0.3, -0.25) is 9.59 Å². The van der Waals surface area contributed by atoms with Crippen LogP contribution in [0.25, 0.3) is 10.9 Å². The summed E-state index contributed by atoms with van der Waals surface area (Å²) in [7, 11) is -1.15. The lowest BCUT2D eigenvalue weighted by Crippen LogP contribution is -2.33. The maximum atomic E-state index is 12.2. The summed E-state index contributed by atoms with van der Waals surface area (Å²) >= 11 is 12.9. The first-order chi connectivity index (χ1) is 16.5. The number of carbonyl (C=O) groups excluding carboxylic acids is 2. The molecule has 0 radical (unpaired) electrons. The van der Waals surface area contributed by atoms with Gasteiger partial charge in [-0.05, 0) is 43.3 Å². The van der Waals surface area contributed by atoms with Crippen LogP contribution in [0.2, 0.25) is 35.7 Å². The molecule has 0 saturated heterocycles. The molecule has 0 spiro atoms. The molecule has 2 aromatic carbocycles. The van der Waals surface area contributed by atoms with Gasteiger partial charge in [0.25, 0.3) is 0 Å². The van der Waals surface area contributed by atoms with Gasteiger partial charge in [0.05, 0.1) is 27.7 Å². The average molecular weight is 533 g/mol. The van der Waals surface area contributed by atoms with Crippen LogP contribution in [0.5, 0.6) is 11.5 Å². The predicted molar refractivity (Wildman–Crippen MR) is 139 cm³/mol. The third-order valence-electron chi connectivity index (χ3n) is 5.49. The molecule has 8 nitrogen and oxygen atoms in total. The van der Waals surface area contributed by atoms with Crippen molar-refractivity contribution >= 4 is 59.6 Å². The molecule has 2 heterocycles. The number of fused-ring (bicyclic) bond motifs is 1. The average Bonchev–Trinajstić information content (AvgIpc) is 3.08. The lowest BCUT2D eigenvalue weighted by atomic mass is 10.0. The Balaban J connectivity index is 1.53. The second kappa shape index (κ2) is 10.1. The van der Waals surface area contributed by atoms with E-state index in [1.165, 1.54) is 12.1 Å². The van der Waals surface area contributed by atoms with Crippen molar-refractivity contribution < 1.29 is 19.1 Å². The molecule has 0 fully saturated rings. The van der Waals surface area contributed by atoms with E-state index in [0.29, 0.717) is 24.7 Å². The number of aromatic nitrogens is 2. The molecule has 0 aliphatic carbocycles.